The number of nitrogens with two attached hydrogens (primary N) is 1. The standard InChI is InChI=1S/C21H23F2N3O3/c22-15-7-12-18(26(11-2-3-11)9-14(20(12)27)21(28)29)17(23)19(15)25-6-5-10-1-4-16(24)13(10)8-25/h7,9-11,13,16H,1-6,8,24H2,(H,28,29)/t10-,13+,16+/m0/s1. The van der Waals surface area contributed by atoms with Crippen LogP contribution in [0.1, 0.15) is 48.5 Å². The van der Waals surface area contributed by atoms with Gasteiger partial charge in [0, 0.05) is 31.4 Å². The first kappa shape index (κ1) is 18.5. The van der Waals surface area contributed by atoms with Gasteiger partial charge in [-0.3, -0.25) is 4.79 Å². The van der Waals surface area contributed by atoms with E-state index in [2.05, 4.69) is 0 Å². The number of carbonyl (C=O) groups is 1. The van der Waals surface area contributed by atoms with Crippen molar-refractivity contribution in [1.29, 1.82) is 0 Å². The summed E-state index contributed by atoms with van der Waals surface area (Å²) in [6.45, 7) is 1.03. The number of pyridine rings is 1. The quantitative estimate of drug-likeness (QED) is 0.823. The topological polar surface area (TPSA) is 88.6 Å². The summed E-state index contributed by atoms with van der Waals surface area (Å²) in [7, 11) is 0. The van der Waals surface area contributed by atoms with Crippen LogP contribution in [0.4, 0.5) is 14.5 Å². The highest BCUT2D eigenvalue weighted by atomic mass is 19.1. The summed E-state index contributed by atoms with van der Waals surface area (Å²) in [4.78, 5) is 25.8. The summed E-state index contributed by atoms with van der Waals surface area (Å²) in [5.74, 6) is -2.31. The van der Waals surface area contributed by atoms with Crippen molar-refractivity contribution in [1.82, 2.24) is 4.57 Å². The molecule has 2 aliphatic carbocycles. The van der Waals surface area contributed by atoms with Gasteiger partial charge in [-0.15, -0.1) is 0 Å². The molecule has 6 nitrogen and oxygen atoms in total. The number of benzene rings is 1. The number of carboxylic acid groups (broad SMARTS) is 1. The predicted octanol–water partition coefficient (Wildman–Crippen LogP) is 2.88. The normalized spacial score (nSPS) is 26.7. The maximum absolute atomic E-state index is 15.7. The van der Waals surface area contributed by atoms with Crippen LogP contribution in [0.5, 0.6) is 0 Å². The number of nitrogens with zero attached hydrogens (tertiary/aromatic N) is 2. The summed E-state index contributed by atoms with van der Waals surface area (Å²) >= 11 is 0. The smallest absolute Gasteiger partial charge is 0.341 e. The number of fused-ring (bicyclic) bond motifs is 2. The van der Waals surface area contributed by atoms with Crippen LogP contribution >= 0.6 is 0 Å². The van der Waals surface area contributed by atoms with Crippen molar-refractivity contribution in [2.75, 3.05) is 18.0 Å². The third kappa shape index (κ3) is 2.84. The molecular formula is C21H23F2N3O3. The molecule has 2 heterocycles. The van der Waals surface area contributed by atoms with Gasteiger partial charge >= 0.3 is 5.97 Å². The minimum absolute atomic E-state index is 0.00301. The van der Waals surface area contributed by atoms with Crippen LogP contribution < -0.4 is 16.1 Å². The van der Waals surface area contributed by atoms with Gasteiger partial charge in [0.05, 0.1) is 10.9 Å². The minimum Gasteiger partial charge on any atom is -0.477 e. The fourth-order valence-corrected chi connectivity index (χ4v) is 5.21. The lowest BCUT2D eigenvalue weighted by atomic mass is 9.86. The Morgan fingerprint density at radius 3 is 2.62 bits per heavy atom. The number of rotatable bonds is 3. The van der Waals surface area contributed by atoms with E-state index in [1.165, 1.54) is 10.8 Å². The van der Waals surface area contributed by atoms with Crippen molar-refractivity contribution in [3.8, 4) is 0 Å². The van der Waals surface area contributed by atoms with Gasteiger partial charge in [0.1, 0.15) is 17.1 Å². The maximum atomic E-state index is 15.7. The molecule has 5 rings (SSSR count). The molecule has 1 aromatic carbocycles. The number of anilines is 1. The fourth-order valence-electron chi connectivity index (χ4n) is 5.21. The third-order valence-electron chi connectivity index (χ3n) is 6.90. The highest BCUT2D eigenvalue weighted by Gasteiger charge is 2.40. The van der Waals surface area contributed by atoms with Gasteiger partial charge in [-0.05, 0) is 50.0 Å². The molecule has 0 bridgehead atoms. The van der Waals surface area contributed by atoms with Crippen LogP contribution in [0.15, 0.2) is 17.1 Å². The highest BCUT2D eigenvalue weighted by Crippen LogP contribution is 2.42. The number of piperidine rings is 1. The second-order valence-corrected chi connectivity index (χ2v) is 8.63. The molecule has 1 aromatic heterocycles. The van der Waals surface area contributed by atoms with E-state index in [4.69, 9.17) is 5.73 Å². The summed E-state index contributed by atoms with van der Waals surface area (Å²) in [6.07, 6.45) is 5.57. The van der Waals surface area contributed by atoms with Crippen molar-refractivity contribution in [3.63, 3.8) is 0 Å². The first-order valence-corrected chi connectivity index (χ1v) is 10.2. The molecular weight excluding hydrogens is 380 g/mol. The van der Waals surface area contributed by atoms with E-state index in [1.807, 2.05) is 0 Å². The Bertz CT molecular complexity index is 1080. The first-order chi connectivity index (χ1) is 13.9. The lowest BCUT2D eigenvalue weighted by molar-refractivity contribution is 0.0695. The van der Waals surface area contributed by atoms with Gasteiger partial charge in [-0.1, -0.05) is 0 Å². The molecule has 29 heavy (non-hydrogen) atoms. The summed E-state index contributed by atoms with van der Waals surface area (Å²) in [5.41, 5.74) is 4.76. The van der Waals surface area contributed by atoms with Gasteiger partial charge in [0.25, 0.3) is 0 Å². The van der Waals surface area contributed by atoms with Crippen molar-refractivity contribution >= 4 is 22.6 Å². The van der Waals surface area contributed by atoms with E-state index in [0.717, 1.165) is 38.2 Å². The van der Waals surface area contributed by atoms with Crippen molar-refractivity contribution in [3.05, 3.63) is 39.7 Å². The van der Waals surface area contributed by atoms with Crippen molar-refractivity contribution in [2.24, 2.45) is 17.6 Å². The molecule has 0 amide bonds. The Morgan fingerprint density at radius 1 is 1.17 bits per heavy atom. The highest BCUT2D eigenvalue weighted by molar-refractivity contribution is 5.94. The monoisotopic (exact) mass is 403 g/mol. The molecule has 1 saturated heterocycles. The number of aromatic carboxylic acids is 1. The predicted molar refractivity (Wildman–Crippen MR) is 104 cm³/mol. The van der Waals surface area contributed by atoms with E-state index in [0.29, 0.717) is 19.0 Å². The van der Waals surface area contributed by atoms with Gasteiger partial charge in [-0.2, -0.15) is 0 Å². The van der Waals surface area contributed by atoms with Crippen LogP contribution in [0, 0.1) is 23.5 Å². The van der Waals surface area contributed by atoms with Crippen molar-refractivity contribution < 1.29 is 18.7 Å². The Labute approximate surface area is 165 Å². The molecule has 1 aliphatic heterocycles. The van der Waals surface area contributed by atoms with Crippen LogP contribution in [0.2, 0.25) is 0 Å². The second kappa shape index (κ2) is 6.52. The largest absolute Gasteiger partial charge is 0.477 e. The molecule has 0 unspecified atom stereocenters. The zero-order valence-electron chi connectivity index (χ0n) is 15.9. The molecule has 3 aliphatic rings. The molecule has 3 atom stereocenters. The molecule has 0 spiro atoms. The van der Waals surface area contributed by atoms with E-state index < -0.39 is 28.6 Å². The van der Waals surface area contributed by atoms with Gasteiger partial charge in [0.2, 0.25) is 5.43 Å². The number of aromatic nitrogens is 1. The van der Waals surface area contributed by atoms with Crippen LogP contribution in [0.3, 0.4) is 0 Å². The molecule has 2 aromatic rings. The van der Waals surface area contributed by atoms with Crippen LogP contribution in [-0.2, 0) is 0 Å². The molecule has 8 heteroatoms. The Morgan fingerprint density at radius 2 is 1.93 bits per heavy atom. The van der Waals surface area contributed by atoms with E-state index in [1.54, 1.807) is 4.90 Å². The van der Waals surface area contributed by atoms with E-state index in [9.17, 15) is 14.7 Å². The SMILES string of the molecule is N[C@@H]1CC[C@H]2CCN(c3c(F)cc4c(=O)c(C(=O)O)cn(C5CC5)c4c3F)C[C@H]21. The zero-order valence-corrected chi connectivity index (χ0v) is 15.9. The molecule has 154 valence electrons. The van der Waals surface area contributed by atoms with E-state index in [-0.39, 0.29) is 34.6 Å². The van der Waals surface area contributed by atoms with E-state index >= 15 is 8.78 Å². The average Bonchev–Trinajstić information content (AvgIpc) is 3.46. The van der Waals surface area contributed by atoms with Gasteiger partial charge in [0.15, 0.2) is 5.82 Å². The lowest BCUT2D eigenvalue weighted by Gasteiger charge is -2.38. The summed E-state index contributed by atoms with van der Waals surface area (Å²) in [5, 5.41) is 9.12. The Hall–Kier alpha value is -2.48. The Kier molecular flexibility index (Phi) is 4.17. The summed E-state index contributed by atoms with van der Waals surface area (Å²) < 4.78 is 32.3. The average molecular weight is 403 g/mol. The van der Waals surface area contributed by atoms with Gasteiger partial charge in [-0.25, -0.2) is 13.6 Å². The number of halogens is 2. The lowest BCUT2D eigenvalue weighted by Crippen LogP contribution is -2.45. The number of hydrogen-bond acceptors (Lipinski definition) is 4. The molecule has 3 N–H and O–H groups in total. The molecule has 2 saturated carbocycles. The second-order valence-electron chi connectivity index (χ2n) is 8.63. The third-order valence-corrected chi connectivity index (χ3v) is 6.90. The molecule has 3 fully saturated rings. The fraction of sp³-hybridized carbons (Fsp3) is 0.524. The zero-order chi connectivity index (χ0) is 20.4. The van der Waals surface area contributed by atoms with Gasteiger partial charge < -0.3 is 20.3 Å². The Balaban J connectivity index is 1.68. The van der Waals surface area contributed by atoms with Crippen molar-refractivity contribution in [2.45, 2.75) is 44.2 Å². The summed E-state index contributed by atoms with van der Waals surface area (Å²) in [6, 6.07) is 0.970. The maximum Gasteiger partial charge on any atom is 0.341 e. The van der Waals surface area contributed by atoms with Crippen LogP contribution in [-0.4, -0.2) is 34.8 Å². The van der Waals surface area contributed by atoms with Crippen LogP contribution in [0.25, 0.3) is 10.9 Å². The molecule has 0 radical (unpaired) electrons. The number of hydrogen-bond donors (Lipinski definition) is 2. The minimum atomic E-state index is -1.39. The first-order valence-electron chi connectivity index (χ1n) is 10.2. The number of carboxylic acids is 1.